The summed E-state index contributed by atoms with van der Waals surface area (Å²) in [4.78, 5) is 13.7. The molecule has 0 N–H and O–H groups in total. The summed E-state index contributed by atoms with van der Waals surface area (Å²) in [6.07, 6.45) is 23.0. The molecule has 0 saturated heterocycles. The van der Waals surface area contributed by atoms with Crippen molar-refractivity contribution >= 4 is 5.97 Å². The molecular formula is C23H45NO2. The minimum Gasteiger partial charge on any atom is -0.449 e. The van der Waals surface area contributed by atoms with Crippen LogP contribution in [0.1, 0.15) is 110 Å². The van der Waals surface area contributed by atoms with Crippen LogP contribution >= 0.6 is 0 Å². The zero-order valence-corrected chi connectivity index (χ0v) is 17.9. The van der Waals surface area contributed by atoms with Crippen molar-refractivity contribution in [1.29, 1.82) is 0 Å². The van der Waals surface area contributed by atoms with Gasteiger partial charge in [-0.1, -0.05) is 77.4 Å². The van der Waals surface area contributed by atoms with Gasteiger partial charge in [0.25, 0.3) is 0 Å². The van der Waals surface area contributed by atoms with E-state index in [2.05, 4.69) is 26.0 Å². The van der Waals surface area contributed by atoms with Crippen molar-refractivity contribution in [3.8, 4) is 0 Å². The van der Waals surface area contributed by atoms with Gasteiger partial charge in [-0.25, -0.2) is 0 Å². The van der Waals surface area contributed by atoms with E-state index in [1.165, 1.54) is 70.6 Å². The first-order chi connectivity index (χ1) is 12.7. The first-order valence-electron chi connectivity index (χ1n) is 11.2. The highest BCUT2D eigenvalue weighted by Gasteiger charge is 2.04. The van der Waals surface area contributed by atoms with Crippen molar-refractivity contribution in [2.24, 2.45) is 0 Å². The van der Waals surface area contributed by atoms with Crippen molar-refractivity contribution in [3.05, 3.63) is 12.2 Å². The normalized spacial score (nSPS) is 11.5. The van der Waals surface area contributed by atoms with Gasteiger partial charge in [0.15, 0.2) is 0 Å². The third kappa shape index (κ3) is 19.5. The Labute approximate surface area is 163 Å². The molecule has 0 rings (SSSR count). The van der Waals surface area contributed by atoms with E-state index >= 15 is 0 Å². The molecule has 0 unspecified atom stereocenters. The average Bonchev–Trinajstić information content (AvgIpc) is 2.63. The summed E-state index contributed by atoms with van der Waals surface area (Å²) in [5.74, 6) is -0.0456. The Morgan fingerprint density at radius 2 is 1.31 bits per heavy atom. The van der Waals surface area contributed by atoms with Gasteiger partial charge in [-0.3, -0.25) is 9.69 Å². The van der Waals surface area contributed by atoms with E-state index in [0.717, 1.165) is 25.8 Å². The molecule has 0 heterocycles. The molecule has 3 heteroatoms. The number of nitrogens with zero attached hydrogens (tertiary/aromatic N) is 1. The standard InChI is InChI=1S/C23H45NO2/c1-4-6-7-8-9-10-11-12-13-14-15-16-17-18-19-20-23(25)26-22-24(3)21-5-2/h9-10H,4-8,11-22H2,1-3H3/b10-9-. The van der Waals surface area contributed by atoms with Crippen molar-refractivity contribution in [3.63, 3.8) is 0 Å². The van der Waals surface area contributed by atoms with E-state index < -0.39 is 0 Å². The number of carbonyl (C=O) groups excluding carboxylic acids is 1. The van der Waals surface area contributed by atoms with Gasteiger partial charge < -0.3 is 4.74 Å². The fourth-order valence-electron chi connectivity index (χ4n) is 3.04. The second-order valence-electron chi connectivity index (χ2n) is 7.56. The topological polar surface area (TPSA) is 29.5 Å². The molecule has 0 aliphatic rings. The lowest BCUT2D eigenvalue weighted by molar-refractivity contribution is -0.148. The third-order valence-corrected chi connectivity index (χ3v) is 4.69. The summed E-state index contributed by atoms with van der Waals surface area (Å²) in [5.41, 5.74) is 0. The van der Waals surface area contributed by atoms with Crippen LogP contribution in [-0.2, 0) is 9.53 Å². The third-order valence-electron chi connectivity index (χ3n) is 4.69. The van der Waals surface area contributed by atoms with Gasteiger partial charge in [-0.2, -0.15) is 0 Å². The van der Waals surface area contributed by atoms with Gasteiger partial charge in [-0.05, 0) is 45.6 Å². The Morgan fingerprint density at radius 1 is 0.769 bits per heavy atom. The van der Waals surface area contributed by atoms with Gasteiger partial charge >= 0.3 is 5.97 Å². The van der Waals surface area contributed by atoms with Crippen molar-refractivity contribution in [2.75, 3.05) is 20.3 Å². The van der Waals surface area contributed by atoms with Crippen LogP contribution in [0.4, 0.5) is 0 Å². The zero-order chi connectivity index (χ0) is 19.3. The lowest BCUT2D eigenvalue weighted by Gasteiger charge is -2.15. The molecule has 0 bridgehead atoms. The Morgan fingerprint density at radius 3 is 1.88 bits per heavy atom. The van der Waals surface area contributed by atoms with Crippen LogP contribution in [0.3, 0.4) is 0 Å². The summed E-state index contributed by atoms with van der Waals surface area (Å²) in [6.45, 7) is 5.79. The summed E-state index contributed by atoms with van der Waals surface area (Å²) in [5, 5.41) is 0. The maximum Gasteiger partial charge on any atom is 0.307 e. The molecule has 0 fully saturated rings. The summed E-state index contributed by atoms with van der Waals surface area (Å²) >= 11 is 0. The smallest absolute Gasteiger partial charge is 0.307 e. The highest BCUT2D eigenvalue weighted by atomic mass is 16.5. The zero-order valence-electron chi connectivity index (χ0n) is 17.9. The monoisotopic (exact) mass is 367 g/mol. The predicted molar refractivity (Wildman–Crippen MR) is 113 cm³/mol. The molecule has 0 aromatic heterocycles. The summed E-state index contributed by atoms with van der Waals surface area (Å²) < 4.78 is 5.26. The van der Waals surface area contributed by atoms with E-state index in [4.69, 9.17) is 4.74 Å². The molecule has 0 saturated carbocycles. The Balaban J connectivity index is 3.22. The van der Waals surface area contributed by atoms with Crippen molar-refractivity contribution in [1.82, 2.24) is 4.90 Å². The molecule has 0 radical (unpaired) electrons. The van der Waals surface area contributed by atoms with Crippen molar-refractivity contribution in [2.45, 2.75) is 110 Å². The van der Waals surface area contributed by atoms with Crippen LogP contribution in [0, 0.1) is 0 Å². The van der Waals surface area contributed by atoms with Crippen molar-refractivity contribution < 1.29 is 9.53 Å². The largest absolute Gasteiger partial charge is 0.449 e. The number of allylic oxidation sites excluding steroid dienone is 2. The number of carbonyl (C=O) groups is 1. The second-order valence-corrected chi connectivity index (χ2v) is 7.56. The molecule has 0 aromatic rings. The van der Waals surface area contributed by atoms with Crippen LogP contribution in [0.15, 0.2) is 12.2 Å². The molecule has 0 atom stereocenters. The van der Waals surface area contributed by atoms with Gasteiger partial charge in [0.2, 0.25) is 0 Å². The molecule has 3 nitrogen and oxygen atoms in total. The van der Waals surface area contributed by atoms with Crippen LogP contribution in [-0.4, -0.2) is 31.2 Å². The predicted octanol–water partition coefficient (Wildman–Crippen LogP) is 6.87. The maximum absolute atomic E-state index is 11.6. The first kappa shape index (κ1) is 25.2. The number of esters is 1. The van der Waals surface area contributed by atoms with E-state index in [1.807, 2.05) is 11.9 Å². The van der Waals surface area contributed by atoms with Crippen LogP contribution in [0.25, 0.3) is 0 Å². The van der Waals surface area contributed by atoms with E-state index in [-0.39, 0.29) is 5.97 Å². The molecule has 0 aromatic carbocycles. The van der Waals surface area contributed by atoms with Crippen LogP contribution in [0.2, 0.25) is 0 Å². The van der Waals surface area contributed by atoms with Gasteiger partial charge in [0.1, 0.15) is 6.73 Å². The first-order valence-corrected chi connectivity index (χ1v) is 11.2. The summed E-state index contributed by atoms with van der Waals surface area (Å²) in [6, 6.07) is 0. The fraction of sp³-hybridized carbons (Fsp3) is 0.870. The lowest BCUT2D eigenvalue weighted by atomic mass is 10.1. The molecule has 0 aliphatic carbocycles. The average molecular weight is 368 g/mol. The molecular weight excluding hydrogens is 322 g/mol. The van der Waals surface area contributed by atoms with Gasteiger partial charge in [-0.15, -0.1) is 0 Å². The minimum absolute atomic E-state index is 0.0456. The number of ether oxygens (including phenoxy) is 1. The van der Waals surface area contributed by atoms with E-state index in [1.54, 1.807) is 0 Å². The van der Waals surface area contributed by atoms with E-state index in [0.29, 0.717) is 13.2 Å². The quantitative estimate of drug-likeness (QED) is 0.108. The molecule has 154 valence electrons. The van der Waals surface area contributed by atoms with Crippen LogP contribution in [0.5, 0.6) is 0 Å². The lowest BCUT2D eigenvalue weighted by Crippen LogP contribution is -2.24. The van der Waals surface area contributed by atoms with E-state index in [9.17, 15) is 4.79 Å². The number of rotatable bonds is 19. The fourth-order valence-corrected chi connectivity index (χ4v) is 3.04. The SMILES string of the molecule is CCCCC/C=C\CCCCCCCCCCC(=O)OCN(C)CCC. The second kappa shape index (κ2) is 20.5. The Bertz CT molecular complexity index is 328. The maximum atomic E-state index is 11.6. The number of hydrogen-bond acceptors (Lipinski definition) is 3. The van der Waals surface area contributed by atoms with Gasteiger partial charge in [0, 0.05) is 13.0 Å². The minimum atomic E-state index is -0.0456. The highest BCUT2D eigenvalue weighted by molar-refractivity contribution is 5.69. The Kier molecular flexibility index (Phi) is 19.8. The van der Waals surface area contributed by atoms with Crippen LogP contribution < -0.4 is 0 Å². The molecule has 0 amide bonds. The molecule has 26 heavy (non-hydrogen) atoms. The number of unbranched alkanes of at least 4 members (excludes halogenated alkanes) is 11. The number of hydrogen-bond donors (Lipinski definition) is 0. The van der Waals surface area contributed by atoms with Gasteiger partial charge in [0.05, 0.1) is 0 Å². The molecule has 0 spiro atoms. The highest BCUT2D eigenvalue weighted by Crippen LogP contribution is 2.11. The molecule has 0 aliphatic heterocycles. The summed E-state index contributed by atoms with van der Waals surface area (Å²) in [7, 11) is 1.99. The Hall–Kier alpha value is -0.830.